The van der Waals surface area contributed by atoms with E-state index < -0.39 is 0 Å². The molecular weight excluding hydrogens is 406 g/mol. The van der Waals surface area contributed by atoms with Crippen molar-refractivity contribution in [2.45, 2.75) is 44.4 Å². The molecule has 1 aromatic carbocycles. The highest BCUT2D eigenvalue weighted by atomic mass is 32.2. The number of aromatic nitrogens is 5. The van der Waals surface area contributed by atoms with Crippen LogP contribution in [0.3, 0.4) is 0 Å². The number of anilines is 4. The van der Waals surface area contributed by atoms with E-state index in [1.54, 1.807) is 18.0 Å². The second kappa shape index (κ2) is 7.85. The Morgan fingerprint density at radius 1 is 0.935 bits per heavy atom. The van der Waals surface area contributed by atoms with Gasteiger partial charge in [-0.15, -0.1) is 11.8 Å². The fourth-order valence-corrected chi connectivity index (χ4v) is 4.22. The van der Waals surface area contributed by atoms with Gasteiger partial charge in [-0.3, -0.25) is 4.98 Å². The summed E-state index contributed by atoms with van der Waals surface area (Å²) in [6.45, 7) is 5.83. The lowest BCUT2D eigenvalue weighted by Gasteiger charge is -2.14. The van der Waals surface area contributed by atoms with Crippen LogP contribution in [-0.4, -0.2) is 31.2 Å². The van der Waals surface area contributed by atoms with Crippen molar-refractivity contribution in [3.05, 3.63) is 53.2 Å². The Balaban J connectivity index is 1.52. The summed E-state index contributed by atoms with van der Waals surface area (Å²) < 4.78 is 0. The predicted molar refractivity (Wildman–Crippen MR) is 127 cm³/mol. The number of H-pyrrole nitrogens is 1. The third-order valence-electron chi connectivity index (χ3n) is 5.57. The molecule has 1 saturated carbocycles. The van der Waals surface area contributed by atoms with Gasteiger partial charge in [-0.2, -0.15) is 0 Å². The molecule has 7 nitrogen and oxygen atoms in total. The van der Waals surface area contributed by atoms with Crippen LogP contribution < -0.4 is 10.6 Å². The number of pyridine rings is 1. The largest absolute Gasteiger partial charge is 0.353 e. The zero-order valence-electron chi connectivity index (χ0n) is 18.1. The Morgan fingerprint density at radius 3 is 2.52 bits per heavy atom. The Morgan fingerprint density at radius 2 is 1.77 bits per heavy atom. The minimum absolute atomic E-state index is 0.655. The molecule has 0 atom stereocenters. The maximum absolute atomic E-state index is 4.67. The molecular formula is C23H25N7S. The van der Waals surface area contributed by atoms with Crippen molar-refractivity contribution in [2.24, 2.45) is 0 Å². The fraction of sp³-hybridized carbons (Fsp3) is 0.304. The predicted octanol–water partition coefficient (Wildman–Crippen LogP) is 5.76. The minimum atomic E-state index is 0.655. The summed E-state index contributed by atoms with van der Waals surface area (Å²) in [5.41, 5.74) is 6.77. The quantitative estimate of drug-likeness (QED) is 0.334. The van der Waals surface area contributed by atoms with Crippen LogP contribution in [0.1, 0.15) is 41.5 Å². The molecule has 5 rings (SSSR count). The zero-order valence-corrected chi connectivity index (χ0v) is 18.9. The summed E-state index contributed by atoms with van der Waals surface area (Å²) in [4.78, 5) is 22.7. The van der Waals surface area contributed by atoms with Gasteiger partial charge in [0.2, 0.25) is 0 Å². The number of nitrogens with one attached hydrogen (secondary N) is 3. The van der Waals surface area contributed by atoms with Crippen LogP contribution in [-0.2, 0) is 0 Å². The maximum Gasteiger partial charge on any atom is 0.181 e. The molecule has 31 heavy (non-hydrogen) atoms. The van der Waals surface area contributed by atoms with Crippen LogP contribution >= 0.6 is 11.8 Å². The number of imidazole rings is 1. The van der Waals surface area contributed by atoms with Crippen molar-refractivity contribution >= 4 is 45.9 Å². The molecule has 3 N–H and O–H groups in total. The molecule has 0 spiro atoms. The number of fused-ring (bicyclic) bond motifs is 1. The highest BCUT2D eigenvalue weighted by Gasteiger charge is 2.24. The zero-order chi connectivity index (χ0) is 21.5. The third-order valence-corrected chi connectivity index (χ3v) is 6.35. The summed E-state index contributed by atoms with van der Waals surface area (Å²) in [5.74, 6) is 2.88. The van der Waals surface area contributed by atoms with E-state index in [0.29, 0.717) is 17.3 Å². The Kier molecular flexibility index (Phi) is 5.02. The van der Waals surface area contributed by atoms with E-state index >= 15 is 0 Å². The van der Waals surface area contributed by atoms with Crippen LogP contribution in [0.2, 0.25) is 0 Å². The standard InChI is InChI=1S/C23H25N7S/c1-12-13(2)25-21(11-24-12)29-20-10-18(22-23(30-20)27-14(3)26-22)28-17-8-7-16(15-5-6-15)9-19(17)31-4/h7-11,15H,5-6H2,1-4H3,(H3,25,26,27,28,29,30). The number of hydrogen-bond donors (Lipinski definition) is 3. The third kappa shape index (κ3) is 4.07. The van der Waals surface area contributed by atoms with E-state index in [0.717, 1.165) is 40.0 Å². The van der Waals surface area contributed by atoms with Gasteiger partial charge in [0.1, 0.15) is 23.0 Å². The summed E-state index contributed by atoms with van der Waals surface area (Å²) in [6, 6.07) is 8.71. The first kappa shape index (κ1) is 19.8. The molecule has 3 aromatic heterocycles. The van der Waals surface area contributed by atoms with Crippen molar-refractivity contribution < 1.29 is 0 Å². The average molecular weight is 432 g/mol. The Labute approximate surface area is 185 Å². The number of rotatable bonds is 6. The van der Waals surface area contributed by atoms with E-state index in [4.69, 9.17) is 0 Å². The molecule has 8 heteroatoms. The highest BCUT2D eigenvalue weighted by Crippen LogP contribution is 2.43. The molecule has 0 aliphatic heterocycles. The summed E-state index contributed by atoms with van der Waals surface area (Å²) in [7, 11) is 0. The van der Waals surface area contributed by atoms with E-state index in [2.05, 4.69) is 60.0 Å². The monoisotopic (exact) mass is 431 g/mol. The van der Waals surface area contributed by atoms with Crippen molar-refractivity contribution in [1.82, 2.24) is 24.9 Å². The first-order chi connectivity index (χ1) is 15.0. The molecule has 3 heterocycles. The van der Waals surface area contributed by atoms with E-state index in [9.17, 15) is 0 Å². The van der Waals surface area contributed by atoms with Gasteiger partial charge >= 0.3 is 0 Å². The van der Waals surface area contributed by atoms with Gasteiger partial charge in [0.05, 0.1) is 29.0 Å². The van der Waals surface area contributed by atoms with Crippen LogP contribution in [0.4, 0.5) is 23.0 Å². The molecule has 0 saturated heterocycles. The molecule has 1 fully saturated rings. The number of aryl methyl sites for hydroxylation is 3. The smallest absolute Gasteiger partial charge is 0.181 e. The van der Waals surface area contributed by atoms with E-state index in [1.807, 2.05) is 26.8 Å². The van der Waals surface area contributed by atoms with Gasteiger partial charge < -0.3 is 15.6 Å². The van der Waals surface area contributed by atoms with Crippen molar-refractivity contribution in [3.63, 3.8) is 0 Å². The molecule has 0 bridgehead atoms. The van der Waals surface area contributed by atoms with E-state index in [-0.39, 0.29) is 0 Å². The Bertz CT molecular complexity index is 1280. The molecule has 0 unspecified atom stereocenters. The number of nitrogens with zero attached hydrogens (tertiary/aromatic N) is 4. The normalized spacial score (nSPS) is 13.5. The number of aromatic amines is 1. The van der Waals surface area contributed by atoms with Gasteiger partial charge in [-0.25, -0.2) is 15.0 Å². The number of hydrogen-bond acceptors (Lipinski definition) is 7. The van der Waals surface area contributed by atoms with E-state index in [1.165, 1.54) is 23.3 Å². The topological polar surface area (TPSA) is 91.4 Å². The van der Waals surface area contributed by atoms with Gasteiger partial charge in [0.15, 0.2) is 5.65 Å². The first-order valence-electron chi connectivity index (χ1n) is 10.4. The SMILES string of the molecule is CSc1cc(C2CC2)ccc1Nc1cc(Nc2cnc(C)c(C)n2)nc2nc(C)[nH]c12. The molecule has 4 aromatic rings. The van der Waals surface area contributed by atoms with Crippen LogP contribution in [0.15, 0.2) is 35.4 Å². The molecule has 0 amide bonds. The maximum atomic E-state index is 4.67. The second-order valence-electron chi connectivity index (χ2n) is 7.99. The van der Waals surface area contributed by atoms with Gasteiger partial charge in [0, 0.05) is 11.0 Å². The fourth-order valence-electron chi connectivity index (χ4n) is 3.63. The summed E-state index contributed by atoms with van der Waals surface area (Å²) in [5, 5.41) is 6.88. The summed E-state index contributed by atoms with van der Waals surface area (Å²) in [6.07, 6.45) is 6.44. The molecule has 0 radical (unpaired) electrons. The van der Waals surface area contributed by atoms with Crippen molar-refractivity contribution in [1.29, 1.82) is 0 Å². The van der Waals surface area contributed by atoms with Crippen LogP contribution in [0.5, 0.6) is 0 Å². The lowest BCUT2D eigenvalue weighted by molar-refractivity contribution is 1.05. The van der Waals surface area contributed by atoms with Crippen LogP contribution in [0, 0.1) is 20.8 Å². The lowest BCUT2D eigenvalue weighted by Crippen LogP contribution is -2.02. The highest BCUT2D eigenvalue weighted by molar-refractivity contribution is 7.98. The second-order valence-corrected chi connectivity index (χ2v) is 8.83. The summed E-state index contributed by atoms with van der Waals surface area (Å²) >= 11 is 1.76. The molecule has 1 aliphatic rings. The van der Waals surface area contributed by atoms with Gasteiger partial charge in [0.25, 0.3) is 0 Å². The Hall–Kier alpha value is -3.13. The number of benzene rings is 1. The van der Waals surface area contributed by atoms with Gasteiger partial charge in [-0.05, 0) is 63.5 Å². The van der Waals surface area contributed by atoms with Crippen molar-refractivity contribution in [2.75, 3.05) is 16.9 Å². The number of thioether (sulfide) groups is 1. The first-order valence-corrected chi connectivity index (χ1v) is 11.6. The van der Waals surface area contributed by atoms with Crippen LogP contribution in [0.25, 0.3) is 11.2 Å². The molecule has 158 valence electrons. The molecule has 1 aliphatic carbocycles. The lowest BCUT2D eigenvalue weighted by atomic mass is 10.1. The minimum Gasteiger partial charge on any atom is -0.353 e. The van der Waals surface area contributed by atoms with Crippen molar-refractivity contribution in [3.8, 4) is 0 Å². The average Bonchev–Trinajstić information content (AvgIpc) is 3.52. The van der Waals surface area contributed by atoms with Gasteiger partial charge in [-0.1, -0.05) is 6.07 Å².